The van der Waals surface area contributed by atoms with Gasteiger partial charge in [-0.2, -0.15) is 0 Å². The van der Waals surface area contributed by atoms with Gasteiger partial charge < -0.3 is 64.9 Å². The predicted octanol–water partition coefficient (Wildman–Crippen LogP) is 2.15. The first-order valence-corrected chi connectivity index (χ1v) is 20.9. The number of hydrogen-bond donors (Lipinski definition) is 9. The number of aliphatic hydroxyl groups excluding tert-OH is 8. The molecular weight excluding hydrogens is 712 g/mol. The van der Waals surface area contributed by atoms with Crippen molar-refractivity contribution in [1.29, 1.82) is 0 Å². The topological polar surface area (TPSA) is 219 Å². The van der Waals surface area contributed by atoms with Crippen LogP contribution in [0.5, 0.6) is 0 Å². The number of aliphatic hydroxyl groups is 9. The van der Waals surface area contributed by atoms with Crippen LogP contribution in [-0.2, 0) is 18.9 Å². The van der Waals surface area contributed by atoms with Crippen molar-refractivity contribution >= 4 is 0 Å². The number of rotatable bonds is 10. The second kappa shape index (κ2) is 15.7. The lowest BCUT2D eigenvalue weighted by Crippen LogP contribution is -2.68. The molecule has 13 nitrogen and oxygen atoms in total. The summed E-state index contributed by atoms with van der Waals surface area (Å²) in [6.07, 6.45) is -6.48. The van der Waals surface area contributed by atoms with Crippen molar-refractivity contribution in [3.63, 3.8) is 0 Å². The highest BCUT2D eigenvalue weighted by Crippen LogP contribution is 2.76. The van der Waals surface area contributed by atoms with Crippen molar-refractivity contribution < 1.29 is 64.9 Å². The Labute approximate surface area is 327 Å². The van der Waals surface area contributed by atoms with Crippen molar-refractivity contribution in [3.8, 4) is 0 Å². The van der Waals surface area contributed by atoms with Crippen LogP contribution in [0.4, 0.5) is 0 Å². The van der Waals surface area contributed by atoms with Crippen LogP contribution >= 0.6 is 0 Å². The van der Waals surface area contributed by atoms with Gasteiger partial charge in [0, 0.05) is 0 Å². The molecule has 55 heavy (non-hydrogen) atoms. The Morgan fingerprint density at radius 2 is 1.33 bits per heavy atom. The third-order valence-electron chi connectivity index (χ3n) is 16.6. The fraction of sp³-hybridized carbons (Fsp3) is 0.952. The van der Waals surface area contributed by atoms with E-state index >= 15 is 0 Å². The number of hydrogen-bond acceptors (Lipinski definition) is 13. The first-order valence-electron chi connectivity index (χ1n) is 20.9. The molecule has 2 aliphatic heterocycles. The smallest absolute Gasteiger partial charge is 0.187 e. The van der Waals surface area contributed by atoms with Crippen LogP contribution in [0.25, 0.3) is 0 Å². The highest BCUT2D eigenvalue weighted by Gasteiger charge is 2.71. The minimum Gasteiger partial charge on any atom is -0.394 e. The van der Waals surface area contributed by atoms with Gasteiger partial charge in [0.15, 0.2) is 12.6 Å². The quantitative estimate of drug-likeness (QED) is 0.115. The van der Waals surface area contributed by atoms with Crippen molar-refractivity contribution in [2.24, 2.45) is 45.3 Å². The van der Waals surface area contributed by atoms with Gasteiger partial charge in [0.2, 0.25) is 0 Å². The van der Waals surface area contributed by atoms with Crippen molar-refractivity contribution in [2.45, 2.75) is 192 Å². The molecule has 2 saturated heterocycles. The first kappa shape index (κ1) is 43.8. The van der Waals surface area contributed by atoms with Gasteiger partial charge in [-0.05, 0) is 124 Å². The molecule has 6 aliphatic rings. The Kier molecular flexibility index (Phi) is 12.5. The van der Waals surface area contributed by atoms with E-state index in [1.807, 2.05) is 6.92 Å². The maximum Gasteiger partial charge on any atom is 0.187 e. The van der Waals surface area contributed by atoms with E-state index in [9.17, 15) is 46.0 Å². The van der Waals surface area contributed by atoms with E-state index in [0.29, 0.717) is 19.3 Å². The molecule has 0 spiro atoms. The number of fused-ring (bicyclic) bond motifs is 5. The van der Waals surface area contributed by atoms with Crippen molar-refractivity contribution in [1.82, 2.24) is 0 Å². The monoisotopic (exact) mass is 784 g/mol. The lowest BCUT2D eigenvalue weighted by Gasteiger charge is -2.70. The van der Waals surface area contributed by atoms with Crippen molar-refractivity contribution in [3.05, 3.63) is 11.6 Å². The molecule has 4 saturated carbocycles. The Bertz CT molecular complexity index is 1370. The molecule has 0 radical (unpaired) electrons. The third-order valence-corrected chi connectivity index (χ3v) is 16.6. The minimum atomic E-state index is -1.75. The first-order chi connectivity index (χ1) is 25.6. The second-order valence-electron chi connectivity index (χ2n) is 20.1. The normalized spacial score (nSPS) is 52.0. The van der Waals surface area contributed by atoms with Gasteiger partial charge >= 0.3 is 0 Å². The van der Waals surface area contributed by atoms with E-state index in [0.717, 1.165) is 38.5 Å². The summed E-state index contributed by atoms with van der Waals surface area (Å²) in [5, 5.41) is 97.4. The summed E-state index contributed by atoms with van der Waals surface area (Å²) in [5.74, 6) is 0.445. The molecule has 0 bridgehead atoms. The molecule has 4 aliphatic carbocycles. The van der Waals surface area contributed by atoms with E-state index in [2.05, 4.69) is 54.5 Å². The summed E-state index contributed by atoms with van der Waals surface area (Å²) in [4.78, 5) is 0. The van der Waals surface area contributed by atoms with Crippen LogP contribution < -0.4 is 0 Å². The molecule has 2 heterocycles. The molecule has 0 aromatic carbocycles. The summed E-state index contributed by atoms with van der Waals surface area (Å²) < 4.78 is 24.4. The number of allylic oxidation sites excluding steroid dienone is 2. The van der Waals surface area contributed by atoms with Gasteiger partial charge in [-0.15, -0.1) is 0 Å². The van der Waals surface area contributed by atoms with Gasteiger partial charge in [0.1, 0.15) is 48.8 Å². The molecule has 6 rings (SSSR count). The van der Waals surface area contributed by atoms with E-state index in [1.165, 1.54) is 5.57 Å². The summed E-state index contributed by atoms with van der Waals surface area (Å²) in [6, 6.07) is 0. The van der Waals surface area contributed by atoms with Crippen LogP contribution in [0.2, 0.25) is 0 Å². The SMILES string of the molecule is CC(C)=CCCC(C)(O)C1CC[C@]2(C)[C@@H]1[C@H](O)C[C@@H]1[C@@]3(C)CC[C@H](O[C@@H]4O[C@H](CO)[C@@H](O)[C@H](O)[C@H]4O[C@@H]4O[C@H](CO)[C@@H](O)[C@H](O)[C@H]4O)C(C)(C)[C@@H]3CC[C@]12C. The average Bonchev–Trinajstić information content (AvgIpc) is 3.50. The Balaban J connectivity index is 1.23. The number of ether oxygens (including phenoxy) is 4. The zero-order valence-corrected chi connectivity index (χ0v) is 34.3. The predicted molar refractivity (Wildman–Crippen MR) is 201 cm³/mol. The maximum absolute atomic E-state index is 12.2. The average molecular weight is 785 g/mol. The van der Waals surface area contributed by atoms with Gasteiger partial charge in [-0.25, -0.2) is 0 Å². The summed E-state index contributed by atoms with van der Waals surface area (Å²) in [5.41, 5.74) is -0.405. The fourth-order valence-corrected chi connectivity index (χ4v) is 13.3. The van der Waals surface area contributed by atoms with E-state index < -0.39 is 97.8 Å². The molecule has 0 aromatic rings. The second-order valence-corrected chi connectivity index (χ2v) is 20.1. The lowest BCUT2D eigenvalue weighted by molar-refractivity contribution is -0.378. The molecule has 20 atom stereocenters. The zero-order chi connectivity index (χ0) is 40.6. The highest BCUT2D eigenvalue weighted by atomic mass is 16.8. The summed E-state index contributed by atoms with van der Waals surface area (Å²) in [6.45, 7) is 16.5. The van der Waals surface area contributed by atoms with Crippen LogP contribution in [0, 0.1) is 45.3 Å². The van der Waals surface area contributed by atoms with E-state index in [-0.39, 0.29) is 39.9 Å². The van der Waals surface area contributed by atoms with E-state index in [4.69, 9.17) is 18.9 Å². The summed E-state index contributed by atoms with van der Waals surface area (Å²) in [7, 11) is 0. The molecule has 13 heteroatoms. The van der Waals surface area contributed by atoms with Crippen molar-refractivity contribution in [2.75, 3.05) is 13.2 Å². The molecular formula is C42H72O13. The third kappa shape index (κ3) is 7.20. The maximum atomic E-state index is 12.2. The molecule has 318 valence electrons. The van der Waals surface area contributed by atoms with Crippen LogP contribution in [0.1, 0.15) is 113 Å². The largest absolute Gasteiger partial charge is 0.394 e. The molecule has 6 fully saturated rings. The molecule has 2 unspecified atom stereocenters. The summed E-state index contributed by atoms with van der Waals surface area (Å²) >= 11 is 0. The van der Waals surface area contributed by atoms with Gasteiger partial charge in [0.25, 0.3) is 0 Å². The van der Waals surface area contributed by atoms with Crippen LogP contribution in [0.3, 0.4) is 0 Å². The van der Waals surface area contributed by atoms with E-state index in [1.54, 1.807) is 0 Å². The Morgan fingerprint density at radius 1 is 0.727 bits per heavy atom. The fourth-order valence-electron chi connectivity index (χ4n) is 13.3. The molecule has 9 N–H and O–H groups in total. The van der Waals surface area contributed by atoms with Gasteiger partial charge in [-0.3, -0.25) is 0 Å². The minimum absolute atomic E-state index is 0.00798. The van der Waals surface area contributed by atoms with Crippen LogP contribution in [0.15, 0.2) is 11.6 Å². The standard InChI is InChI=1S/C42H72O13/c1-21(2)10-9-14-42(8,51)22-11-16-41(7)29(22)23(45)18-27-39(5)15-13-28(38(3,4)26(39)12-17-40(27,41)6)54-37-35(33(49)31(47)25(20-44)53-37)55-36-34(50)32(48)30(46)24(19-43)52-36/h10,22-37,43-51H,9,11-20H2,1-8H3/t22?,23-,24-,25-,26+,27-,28+,29+,30-,31-,32+,33+,34-,35-,36+,37+,39+,40-,41-,42?/m1/s1. The van der Waals surface area contributed by atoms with Crippen LogP contribution in [-0.4, -0.2) is 138 Å². The van der Waals surface area contributed by atoms with Gasteiger partial charge in [0.05, 0.1) is 31.0 Å². The Morgan fingerprint density at radius 3 is 1.95 bits per heavy atom. The Hall–Kier alpha value is -0.780. The van der Waals surface area contributed by atoms with Gasteiger partial charge in [-0.1, -0.05) is 46.3 Å². The molecule has 0 aromatic heterocycles. The molecule has 0 amide bonds. The lowest BCUT2D eigenvalue weighted by atomic mass is 9.35. The zero-order valence-electron chi connectivity index (χ0n) is 34.3. The highest BCUT2D eigenvalue weighted by molar-refractivity contribution is 5.20.